The molecule has 0 saturated carbocycles. The highest BCUT2D eigenvalue weighted by atomic mass is 14.8. The van der Waals surface area contributed by atoms with E-state index in [0.29, 0.717) is 0 Å². The molecule has 0 amide bonds. The lowest BCUT2D eigenvalue weighted by Gasteiger charge is -2.13. The lowest BCUT2D eigenvalue weighted by molar-refractivity contribution is 1.23. The molecule has 0 aliphatic rings. The van der Waals surface area contributed by atoms with Gasteiger partial charge >= 0.3 is 0 Å². The van der Waals surface area contributed by atoms with E-state index >= 15 is 0 Å². The first kappa shape index (κ1) is 25.0. The summed E-state index contributed by atoms with van der Waals surface area (Å²) in [4.78, 5) is 15.6. The third kappa shape index (κ3) is 5.37. The molecule has 0 fully saturated rings. The maximum atomic E-state index is 5.20. The first-order chi connectivity index (χ1) is 18.5. The molecule has 0 radical (unpaired) electrons. The van der Waals surface area contributed by atoms with Gasteiger partial charge in [-0.1, -0.05) is 103 Å². The monoisotopic (exact) mass is 493 g/mol. The molecular formula is C35H31N3. The molecule has 5 rings (SSSR count). The summed E-state index contributed by atoms with van der Waals surface area (Å²) in [6.45, 7) is 8.40. The minimum atomic E-state index is 0.807. The van der Waals surface area contributed by atoms with Crippen LogP contribution >= 0.6 is 0 Å². The van der Waals surface area contributed by atoms with Gasteiger partial charge in [-0.15, -0.1) is 0 Å². The molecule has 0 saturated heterocycles. The molecule has 0 N–H and O–H groups in total. The molecule has 0 bridgehead atoms. The Labute approximate surface area is 225 Å². The summed E-state index contributed by atoms with van der Waals surface area (Å²) in [7, 11) is 0. The van der Waals surface area contributed by atoms with Gasteiger partial charge in [0.05, 0.1) is 34.2 Å². The topological polar surface area (TPSA) is 37.6 Å². The average molecular weight is 494 g/mol. The van der Waals surface area contributed by atoms with Crippen molar-refractivity contribution < 1.29 is 0 Å². The molecular weight excluding hydrogens is 462 g/mol. The van der Waals surface area contributed by atoms with Crippen LogP contribution in [0.5, 0.6) is 0 Å². The van der Waals surface area contributed by atoms with E-state index < -0.39 is 0 Å². The summed E-state index contributed by atoms with van der Waals surface area (Å²) in [6, 6.07) is 39.2. The number of nitrogens with zero attached hydrogens (tertiary/aromatic N) is 3. The number of hydrogen-bond acceptors (Lipinski definition) is 3. The number of aromatic nitrogens is 1. The first-order valence-corrected chi connectivity index (χ1v) is 12.9. The zero-order valence-electron chi connectivity index (χ0n) is 22.3. The summed E-state index contributed by atoms with van der Waals surface area (Å²) in [6.07, 6.45) is 0. The molecule has 38 heavy (non-hydrogen) atoms. The van der Waals surface area contributed by atoms with E-state index in [2.05, 4.69) is 88.4 Å². The fourth-order valence-electron chi connectivity index (χ4n) is 4.62. The average Bonchev–Trinajstić information content (AvgIpc) is 2.94. The van der Waals surface area contributed by atoms with Crippen LogP contribution in [0.4, 0.5) is 11.4 Å². The highest BCUT2D eigenvalue weighted by molar-refractivity contribution is 6.16. The molecule has 186 valence electrons. The number of aliphatic imine (C=N–C) groups is 2. The Morgan fingerprint density at radius 2 is 0.763 bits per heavy atom. The van der Waals surface area contributed by atoms with Crippen molar-refractivity contribution in [2.75, 3.05) is 0 Å². The van der Waals surface area contributed by atoms with Crippen LogP contribution in [0, 0.1) is 27.7 Å². The lowest BCUT2D eigenvalue weighted by atomic mass is 10.0. The summed E-state index contributed by atoms with van der Waals surface area (Å²) in [5.41, 5.74) is 11.8. The summed E-state index contributed by atoms with van der Waals surface area (Å²) < 4.78 is 0. The second-order valence-electron chi connectivity index (χ2n) is 9.54. The van der Waals surface area contributed by atoms with E-state index in [1.165, 1.54) is 0 Å². The zero-order valence-corrected chi connectivity index (χ0v) is 22.3. The Bertz CT molecular complexity index is 1470. The Kier molecular flexibility index (Phi) is 7.37. The third-order valence-electron chi connectivity index (χ3n) is 6.65. The largest absolute Gasteiger partial charge is 0.246 e. The molecule has 4 aromatic carbocycles. The molecule has 0 aliphatic carbocycles. The first-order valence-electron chi connectivity index (χ1n) is 12.9. The summed E-state index contributed by atoms with van der Waals surface area (Å²) in [5, 5.41) is 0. The molecule has 1 heterocycles. The number of aryl methyl sites for hydroxylation is 4. The van der Waals surface area contributed by atoms with Gasteiger partial charge in [-0.25, -0.2) is 15.0 Å². The standard InChI is InChI=1S/C35H31N3/c1-24-14-11-15-25(2)32(24)37-34(28-18-7-5-8-19-28)30-22-13-23-31(36-30)35(29-20-9-6-10-21-29)38-33-26(3)16-12-17-27(33)4/h5-23H,1-4H3. The highest BCUT2D eigenvalue weighted by Crippen LogP contribution is 2.27. The molecule has 0 atom stereocenters. The third-order valence-corrected chi connectivity index (χ3v) is 6.65. The quantitative estimate of drug-likeness (QED) is 0.218. The van der Waals surface area contributed by atoms with Gasteiger partial charge in [0, 0.05) is 11.1 Å². The molecule has 3 nitrogen and oxygen atoms in total. The van der Waals surface area contributed by atoms with Crippen molar-refractivity contribution in [3.05, 3.63) is 160 Å². The van der Waals surface area contributed by atoms with Crippen molar-refractivity contribution in [3.8, 4) is 0 Å². The molecule has 0 aliphatic heterocycles. The molecule has 5 aromatic rings. The number of rotatable bonds is 6. The van der Waals surface area contributed by atoms with Crippen LogP contribution in [-0.2, 0) is 0 Å². The van der Waals surface area contributed by atoms with Crippen molar-refractivity contribution in [1.29, 1.82) is 0 Å². The van der Waals surface area contributed by atoms with Gasteiger partial charge in [-0.2, -0.15) is 0 Å². The van der Waals surface area contributed by atoms with Gasteiger partial charge in [0.2, 0.25) is 0 Å². The zero-order chi connectivity index (χ0) is 26.5. The number of hydrogen-bond donors (Lipinski definition) is 0. The normalized spacial score (nSPS) is 12.0. The van der Waals surface area contributed by atoms with Crippen LogP contribution in [0.25, 0.3) is 0 Å². The van der Waals surface area contributed by atoms with Gasteiger partial charge in [0.1, 0.15) is 0 Å². The van der Waals surface area contributed by atoms with Crippen molar-refractivity contribution in [3.63, 3.8) is 0 Å². The fourth-order valence-corrected chi connectivity index (χ4v) is 4.62. The summed E-state index contributed by atoms with van der Waals surface area (Å²) in [5.74, 6) is 0. The maximum absolute atomic E-state index is 5.20. The second kappa shape index (κ2) is 11.2. The number of pyridine rings is 1. The Balaban J connectivity index is 1.72. The predicted molar refractivity (Wildman–Crippen MR) is 160 cm³/mol. The Morgan fingerprint density at radius 1 is 0.421 bits per heavy atom. The van der Waals surface area contributed by atoms with Crippen molar-refractivity contribution in [1.82, 2.24) is 4.98 Å². The smallest absolute Gasteiger partial charge is 0.0966 e. The molecule has 3 heteroatoms. The van der Waals surface area contributed by atoms with E-state index in [1.807, 2.05) is 54.6 Å². The minimum absolute atomic E-state index is 0.807. The van der Waals surface area contributed by atoms with Gasteiger partial charge in [-0.05, 0) is 62.1 Å². The van der Waals surface area contributed by atoms with E-state index in [1.54, 1.807) is 0 Å². The van der Waals surface area contributed by atoms with Crippen molar-refractivity contribution in [2.24, 2.45) is 9.98 Å². The van der Waals surface area contributed by atoms with E-state index in [0.717, 1.165) is 67.6 Å². The predicted octanol–water partition coefficient (Wildman–Crippen LogP) is 8.65. The molecule has 0 spiro atoms. The van der Waals surface area contributed by atoms with Gasteiger partial charge in [0.25, 0.3) is 0 Å². The highest BCUT2D eigenvalue weighted by Gasteiger charge is 2.16. The SMILES string of the molecule is Cc1cccc(C)c1N=C(c1ccccc1)c1cccc(C(=Nc2c(C)cccc2C)c2ccccc2)n1. The fraction of sp³-hybridized carbons (Fsp3) is 0.114. The van der Waals surface area contributed by atoms with Crippen LogP contribution in [0.3, 0.4) is 0 Å². The summed E-state index contributed by atoms with van der Waals surface area (Å²) >= 11 is 0. The maximum Gasteiger partial charge on any atom is 0.0966 e. The molecule has 0 unspecified atom stereocenters. The van der Waals surface area contributed by atoms with Crippen LogP contribution in [0.15, 0.2) is 125 Å². The van der Waals surface area contributed by atoms with E-state index in [9.17, 15) is 0 Å². The van der Waals surface area contributed by atoms with Crippen LogP contribution in [0.2, 0.25) is 0 Å². The van der Waals surface area contributed by atoms with Gasteiger partial charge in [-0.3, -0.25) is 0 Å². The van der Waals surface area contributed by atoms with E-state index in [4.69, 9.17) is 15.0 Å². The van der Waals surface area contributed by atoms with Crippen LogP contribution < -0.4 is 0 Å². The van der Waals surface area contributed by atoms with Gasteiger partial charge < -0.3 is 0 Å². The van der Waals surface area contributed by atoms with Crippen molar-refractivity contribution >= 4 is 22.8 Å². The van der Waals surface area contributed by atoms with Crippen molar-refractivity contribution in [2.45, 2.75) is 27.7 Å². The lowest BCUT2D eigenvalue weighted by Crippen LogP contribution is -2.12. The van der Waals surface area contributed by atoms with E-state index in [-0.39, 0.29) is 0 Å². The minimum Gasteiger partial charge on any atom is -0.246 e. The second-order valence-corrected chi connectivity index (χ2v) is 9.54. The van der Waals surface area contributed by atoms with Crippen LogP contribution in [-0.4, -0.2) is 16.4 Å². The Morgan fingerprint density at radius 3 is 1.13 bits per heavy atom. The Hall–Kier alpha value is -4.63. The number of para-hydroxylation sites is 2. The number of benzene rings is 4. The van der Waals surface area contributed by atoms with Crippen LogP contribution in [0.1, 0.15) is 44.8 Å². The van der Waals surface area contributed by atoms with Gasteiger partial charge in [0.15, 0.2) is 0 Å². The molecule has 1 aromatic heterocycles.